The standard InChI is InChI=1S/C14H14ClNO3S/c1-8-11(12(14(17)18)20-13(8)16)19-7-6-9-4-2-3-5-10(9)15/h2-5H,6-7,16H2,1H3,(H,17,18). The fourth-order valence-electron chi connectivity index (χ4n) is 1.79. The molecule has 1 heterocycles. The van der Waals surface area contributed by atoms with E-state index in [-0.39, 0.29) is 4.88 Å². The number of nitrogen functional groups attached to an aromatic ring is 1. The topological polar surface area (TPSA) is 72.6 Å². The van der Waals surface area contributed by atoms with E-state index in [4.69, 9.17) is 27.2 Å². The minimum Gasteiger partial charge on any atom is -0.491 e. The normalized spacial score (nSPS) is 10.5. The van der Waals surface area contributed by atoms with Gasteiger partial charge >= 0.3 is 5.97 Å². The number of benzene rings is 1. The smallest absolute Gasteiger partial charge is 0.349 e. The van der Waals surface area contributed by atoms with E-state index in [9.17, 15) is 4.79 Å². The number of aromatic carboxylic acids is 1. The molecule has 6 heteroatoms. The summed E-state index contributed by atoms with van der Waals surface area (Å²) in [4.78, 5) is 11.3. The molecule has 20 heavy (non-hydrogen) atoms. The minimum absolute atomic E-state index is 0.138. The Bertz CT molecular complexity index is 639. The maximum absolute atomic E-state index is 11.1. The molecule has 0 aliphatic rings. The Hall–Kier alpha value is -1.72. The van der Waals surface area contributed by atoms with Gasteiger partial charge in [0, 0.05) is 17.0 Å². The molecule has 1 aromatic heterocycles. The van der Waals surface area contributed by atoms with Gasteiger partial charge in [0.2, 0.25) is 0 Å². The lowest BCUT2D eigenvalue weighted by Gasteiger charge is -2.08. The number of anilines is 1. The van der Waals surface area contributed by atoms with E-state index in [0.29, 0.717) is 34.4 Å². The average Bonchev–Trinajstić information content (AvgIpc) is 2.69. The van der Waals surface area contributed by atoms with Crippen LogP contribution in [0.2, 0.25) is 5.02 Å². The van der Waals surface area contributed by atoms with Gasteiger partial charge in [-0.1, -0.05) is 29.8 Å². The third-order valence-electron chi connectivity index (χ3n) is 2.90. The number of carboxylic acids is 1. The Labute approximate surface area is 125 Å². The second-order valence-electron chi connectivity index (χ2n) is 4.24. The second-order valence-corrected chi connectivity index (χ2v) is 5.70. The van der Waals surface area contributed by atoms with Crippen molar-refractivity contribution in [3.05, 3.63) is 45.3 Å². The van der Waals surface area contributed by atoms with Crippen molar-refractivity contribution in [2.24, 2.45) is 0 Å². The van der Waals surface area contributed by atoms with Crippen molar-refractivity contribution in [2.45, 2.75) is 13.3 Å². The summed E-state index contributed by atoms with van der Waals surface area (Å²) in [5.41, 5.74) is 7.38. The van der Waals surface area contributed by atoms with Gasteiger partial charge in [0.1, 0.15) is 5.75 Å². The van der Waals surface area contributed by atoms with E-state index < -0.39 is 5.97 Å². The first-order chi connectivity index (χ1) is 9.50. The van der Waals surface area contributed by atoms with Crippen LogP contribution in [0.15, 0.2) is 24.3 Å². The molecule has 106 valence electrons. The van der Waals surface area contributed by atoms with Crippen molar-refractivity contribution in [1.29, 1.82) is 0 Å². The van der Waals surface area contributed by atoms with Crippen molar-refractivity contribution in [2.75, 3.05) is 12.3 Å². The molecule has 0 saturated carbocycles. The lowest BCUT2D eigenvalue weighted by Crippen LogP contribution is -2.05. The van der Waals surface area contributed by atoms with Gasteiger partial charge in [-0.05, 0) is 18.6 Å². The number of carbonyl (C=O) groups is 1. The monoisotopic (exact) mass is 311 g/mol. The number of carboxylic acid groups (broad SMARTS) is 1. The molecular formula is C14H14ClNO3S. The van der Waals surface area contributed by atoms with Crippen molar-refractivity contribution < 1.29 is 14.6 Å². The third-order valence-corrected chi connectivity index (χ3v) is 4.36. The van der Waals surface area contributed by atoms with Crippen molar-refractivity contribution in [3.8, 4) is 5.75 Å². The highest BCUT2D eigenvalue weighted by Crippen LogP contribution is 2.37. The van der Waals surface area contributed by atoms with Crippen LogP contribution in [0.3, 0.4) is 0 Å². The minimum atomic E-state index is -1.03. The average molecular weight is 312 g/mol. The molecule has 4 nitrogen and oxygen atoms in total. The number of thiophene rings is 1. The third kappa shape index (κ3) is 3.05. The summed E-state index contributed by atoms with van der Waals surface area (Å²) in [5.74, 6) is -0.672. The summed E-state index contributed by atoms with van der Waals surface area (Å²) in [6.07, 6.45) is 0.605. The maximum Gasteiger partial charge on any atom is 0.349 e. The summed E-state index contributed by atoms with van der Waals surface area (Å²) < 4.78 is 5.60. The van der Waals surface area contributed by atoms with Gasteiger partial charge in [0.15, 0.2) is 4.88 Å². The van der Waals surface area contributed by atoms with Crippen LogP contribution >= 0.6 is 22.9 Å². The van der Waals surface area contributed by atoms with Gasteiger partial charge in [-0.2, -0.15) is 0 Å². The van der Waals surface area contributed by atoms with E-state index in [1.807, 2.05) is 24.3 Å². The highest BCUT2D eigenvalue weighted by Gasteiger charge is 2.20. The van der Waals surface area contributed by atoms with Gasteiger partial charge in [-0.15, -0.1) is 11.3 Å². The molecule has 2 rings (SSSR count). The highest BCUT2D eigenvalue weighted by atomic mass is 35.5. The zero-order valence-electron chi connectivity index (χ0n) is 10.9. The first-order valence-corrected chi connectivity index (χ1v) is 7.18. The van der Waals surface area contributed by atoms with Crippen LogP contribution in [0.25, 0.3) is 0 Å². The molecule has 0 radical (unpaired) electrons. The fraction of sp³-hybridized carbons (Fsp3) is 0.214. The number of rotatable bonds is 5. The Morgan fingerprint density at radius 1 is 1.45 bits per heavy atom. The zero-order valence-corrected chi connectivity index (χ0v) is 12.4. The molecule has 0 aliphatic carbocycles. The van der Waals surface area contributed by atoms with Gasteiger partial charge in [0.25, 0.3) is 0 Å². The molecule has 3 N–H and O–H groups in total. The van der Waals surface area contributed by atoms with Crippen LogP contribution in [0.4, 0.5) is 5.00 Å². The predicted molar refractivity (Wildman–Crippen MR) is 81.1 cm³/mol. The molecule has 0 amide bonds. The van der Waals surface area contributed by atoms with Crippen LogP contribution in [0.5, 0.6) is 5.75 Å². The largest absolute Gasteiger partial charge is 0.491 e. The molecule has 2 aromatic rings. The molecule has 0 bridgehead atoms. The first kappa shape index (κ1) is 14.7. The lowest BCUT2D eigenvalue weighted by molar-refractivity contribution is 0.0698. The quantitative estimate of drug-likeness (QED) is 0.884. The van der Waals surface area contributed by atoms with Crippen LogP contribution in [-0.4, -0.2) is 17.7 Å². The fourth-order valence-corrected chi connectivity index (χ4v) is 2.88. The number of hydrogen-bond donors (Lipinski definition) is 2. The molecule has 0 unspecified atom stereocenters. The predicted octanol–water partition coefficient (Wildman–Crippen LogP) is 3.61. The number of nitrogens with two attached hydrogens (primary N) is 1. The summed E-state index contributed by atoms with van der Waals surface area (Å²) in [5, 5.41) is 10.3. The molecule has 0 fully saturated rings. The van der Waals surface area contributed by atoms with E-state index in [2.05, 4.69) is 0 Å². The van der Waals surface area contributed by atoms with Crippen molar-refractivity contribution in [3.63, 3.8) is 0 Å². The van der Waals surface area contributed by atoms with Crippen LogP contribution in [0.1, 0.15) is 20.8 Å². The summed E-state index contributed by atoms with van der Waals surface area (Å²) in [6, 6.07) is 7.49. The van der Waals surface area contributed by atoms with E-state index >= 15 is 0 Å². The summed E-state index contributed by atoms with van der Waals surface area (Å²) >= 11 is 7.08. The second kappa shape index (κ2) is 6.15. The molecule has 0 aliphatic heterocycles. The maximum atomic E-state index is 11.1. The van der Waals surface area contributed by atoms with E-state index in [1.165, 1.54) is 0 Å². The Morgan fingerprint density at radius 2 is 2.15 bits per heavy atom. The van der Waals surface area contributed by atoms with Crippen molar-refractivity contribution in [1.82, 2.24) is 0 Å². The molecule has 0 spiro atoms. The lowest BCUT2D eigenvalue weighted by atomic mass is 10.2. The SMILES string of the molecule is Cc1c(N)sc(C(=O)O)c1OCCc1ccccc1Cl. The molecular weight excluding hydrogens is 298 g/mol. The number of halogens is 1. The Kier molecular flexibility index (Phi) is 4.52. The van der Waals surface area contributed by atoms with Crippen LogP contribution in [-0.2, 0) is 6.42 Å². The van der Waals surface area contributed by atoms with Gasteiger partial charge < -0.3 is 15.6 Å². The number of hydrogen-bond acceptors (Lipinski definition) is 4. The summed E-state index contributed by atoms with van der Waals surface area (Å²) in [6.45, 7) is 2.10. The molecule has 0 saturated heterocycles. The summed E-state index contributed by atoms with van der Waals surface area (Å²) in [7, 11) is 0. The van der Waals surface area contributed by atoms with Gasteiger partial charge in [-0.3, -0.25) is 0 Å². The van der Waals surface area contributed by atoms with Gasteiger partial charge in [-0.25, -0.2) is 4.79 Å². The molecule has 0 atom stereocenters. The van der Waals surface area contributed by atoms with Crippen LogP contribution < -0.4 is 10.5 Å². The molecule has 1 aromatic carbocycles. The Morgan fingerprint density at radius 3 is 2.80 bits per heavy atom. The van der Waals surface area contributed by atoms with E-state index in [1.54, 1.807) is 6.92 Å². The van der Waals surface area contributed by atoms with Gasteiger partial charge in [0.05, 0.1) is 11.6 Å². The van der Waals surface area contributed by atoms with Crippen LogP contribution in [0, 0.1) is 6.92 Å². The first-order valence-electron chi connectivity index (χ1n) is 5.99. The Balaban J connectivity index is 2.08. The zero-order chi connectivity index (χ0) is 14.7. The number of ether oxygens (including phenoxy) is 1. The van der Waals surface area contributed by atoms with Crippen molar-refractivity contribution >= 4 is 33.9 Å². The van der Waals surface area contributed by atoms with E-state index in [0.717, 1.165) is 16.9 Å². The highest BCUT2D eigenvalue weighted by molar-refractivity contribution is 7.18.